The van der Waals surface area contributed by atoms with E-state index in [1.54, 1.807) is 6.33 Å². The summed E-state index contributed by atoms with van der Waals surface area (Å²) in [5.74, 6) is 1.01. The molecule has 1 amide bonds. The molecule has 1 aliphatic heterocycles. The quantitative estimate of drug-likeness (QED) is 0.546. The van der Waals surface area contributed by atoms with Crippen LogP contribution in [-0.4, -0.2) is 43.5 Å². The van der Waals surface area contributed by atoms with Crippen LogP contribution in [0, 0.1) is 0 Å². The Hall–Kier alpha value is -3.26. The number of hydrazine groups is 1. The molecule has 5 rings (SSSR count). The summed E-state index contributed by atoms with van der Waals surface area (Å²) >= 11 is 0. The van der Waals surface area contributed by atoms with E-state index in [0.29, 0.717) is 17.4 Å². The van der Waals surface area contributed by atoms with Crippen LogP contribution >= 0.6 is 0 Å². The molecule has 0 saturated carbocycles. The number of para-hydroxylation sites is 1. The van der Waals surface area contributed by atoms with Crippen LogP contribution in [0.15, 0.2) is 41.2 Å². The average molecular weight is 419 g/mol. The zero-order chi connectivity index (χ0) is 21.6. The first-order chi connectivity index (χ1) is 14.9. The average Bonchev–Trinajstić information content (AvgIpc) is 3.48. The minimum atomic E-state index is -0.244. The lowest BCUT2D eigenvalue weighted by Gasteiger charge is -2.17. The van der Waals surface area contributed by atoms with Crippen molar-refractivity contribution < 1.29 is 9.32 Å². The van der Waals surface area contributed by atoms with E-state index in [2.05, 4.69) is 20.6 Å². The predicted octanol–water partition coefficient (Wildman–Crippen LogP) is 3.50. The Kier molecular flexibility index (Phi) is 4.74. The molecule has 8 nitrogen and oxygen atoms in total. The number of aromatic nitrogens is 4. The van der Waals surface area contributed by atoms with Gasteiger partial charge in [-0.05, 0) is 30.5 Å². The number of fused-ring (bicyclic) bond motifs is 3. The largest absolute Gasteiger partial charge is 0.338 e. The summed E-state index contributed by atoms with van der Waals surface area (Å²) in [6.45, 7) is 7.90. The van der Waals surface area contributed by atoms with Gasteiger partial charge in [-0.1, -0.05) is 44.1 Å². The van der Waals surface area contributed by atoms with Gasteiger partial charge < -0.3 is 4.52 Å². The molecular weight excluding hydrogens is 392 g/mol. The summed E-state index contributed by atoms with van der Waals surface area (Å²) in [7, 11) is 0. The van der Waals surface area contributed by atoms with Crippen molar-refractivity contribution in [2.75, 3.05) is 13.1 Å². The second kappa shape index (κ2) is 7.46. The Morgan fingerprint density at radius 3 is 2.68 bits per heavy atom. The van der Waals surface area contributed by atoms with Gasteiger partial charge in [0.15, 0.2) is 0 Å². The van der Waals surface area contributed by atoms with Crippen LogP contribution in [0.1, 0.15) is 45.1 Å². The second-order valence-electron chi connectivity index (χ2n) is 9.11. The molecule has 160 valence electrons. The highest BCUT2D eigenvalue weighted by molar-refractivity contribution is 5.93. The van der Waals surface area contributed by atoms with Gasteiger partial charge in [-0.2, -0.15) is 4.98 Å². The highest BCUT2D eigenvalue weighted by Gasteiger charge is 2.24. The van der Waals surface area contributed by atoms with Crippen molar-refractivity contribution >= 4 is 22.3 Å². The van der Waals surface area contributed by atoms with Crippen molar-refractivity contribution in [3.63, 3.8) is 0 Å². The van der Waals surface area contributed by atoms with E-state index >= 15 is 0 Å². The molecule has 4 aromatic rings. The highest BCUT2D eigenvalue weighted by atomic mass is 16.5. The fourth-order valence-corrected chi connectivity index (χ4v) is 4.05. The highest BCUT2D eigenvalue weighted by Crippen LogP contribution is 2.29. The van der Waals surface area contributed by atoms with Gasteiger partial charge in [-0.15, -0.1) is 0 Å². The van der Waals surface area contributed by atoms with Gasteiger partial charge in [-0.25, -0.2) is 9.99 Å². The van der Waals surface area contributed by atoms with Crippen LogP contribution in [0.4, 0.5) is 0 Å². The monoisotopic (exact) mass is 418 g/mol. The van der Waals surface area contributed by atoms with Gasteiger partial charge in [0.2, 0.25) is 17.6 Å². The van der Waals surface area contributed by atoms with Gasteiger partial charge >= 0.3 is 0 Å². The molecule has 8 heteroatoms. The van der Waals surface area contributed by atoms with E-state index in [-0.39, 0.29) is 17.7 Å². The van der Waals surface area contributed by atoms with Crippen LogP contribution in [-0.2, 0) is 16.6 Å². The molecule has 1 aromatic carbocycles. The number of carbonyl (C=O) groups excluding carboxylic acids is 1. The summed E-state index contributed by atoms with van der Waals surface area (Å²) in [6.07, 6.45) is 4.30. The van der Waals surface area contributed by atoms with Crippen LogP contribution in [0.2, 0.25) is 0 Å². The van der Waals surface area contributed by atoms with Crippen LogP contribution in [0.5, 0.6) is 0 Å². The van der Waals surface area contributed by atoms with Gasteiger partial charge in [-0.3, -0.25) is 14.6 Å². The molecule has 4 heterocycles. The minimum absolute atomic E-state index is 0.00736. The van der Waals surface area contributed by atoms with Crippen molar-refractivity contribution in [2.24, 2.45) is 0 Å². The SMILES string of the molecule is CC(C)(C)c1nc(-c2ncn3c2cc(CC(=O)NN2CCCC2)c2ccccc23)no1. The first-order valence-corrected chi connectivity index (χ1v) is 10.7. The van der Waals surface area contributed by atoms with Crippen molar-refractivity contribution in [3.8, 4) is 11.5 Å². The van der Waals surface area contributed by atoms with E-state index in [0.717, 1.165) is 47.9 Å². The fraction of sp³-hybridized carbons (Fsp3) is 0.391. The lowest BCUT2D eigenvalue weighted by atomic mass is 9.97. The molecule has 1 saturated heterocycles. The lowest BCUT2D eigenvalue weighted by Crippen LogP contribution is -2.40. The number of nitrogens with one attached hydrogen (secondary N) is 1. The summed E-state index contributed by atoms with van der Waals surface area (Å²) < 4.78 is 7.49. The molecule has 1 fully saturated rings. The molecule has 0 unspecified atom stereocenters. The fourth-order valence-electron chi connectivity index (χ4n) is 4.05. The third-order valence-corrected chi connectivity index (χ3v) is 5.64. The summed E-state index contributed by atoms with van der Waals surface area (Å²) in [4.78, 5) is 21.9. The van der Waals surface area contributed by atoms with Gasteiger partial charge in [0.1, 0.15) is 12.0 Å². The first-order valence-electron chi connectivity index (χ1n) is 10.7. The van der Waals surface area contributed by atoms with E-state index in [1.807, 2.05) is 60.5 Å². The maximum atomic E-state index is 12.7. The maximum absolute atomic E-state index is 12.7. The summed E-state index contributed by atoms with van der Waals surface area (Å²) in [5.41, 5.74) is 6.22. The number of hydrogen-bond acceptors (Lipinski definition) is 6. The smallest absolute Gasteiger partial charge is 0.238 e. The maximum Gasteiger partial charge on any atom is 0.238 e. The minimum Gasteiger partial charge on any atom is -0.338 e. The number of carbonyl (C=O) groups is 1. The molecule has 0 spiro atoms. The third-order valence-electron chi connectivity index (χ3n) is 5.64. The van der Waals surface area contributed by atoms with E-state index < -0.39 is 0 Å². The number of imidazole rings is 1. The van der Waals surface area contributed by atoms with Crippen molar-refractivity contribution in [2.45, 2.75) is 45.4 Å². The lowest BCUT2D eigenvalue weighted by molar-refractivity contribution is -0.124. The van der Waals surface area contributed by atoms with Crippen LogP contribution in [0.25, 0.3) is 27.9 Å². The van der Waals surface area contributed by atoms with Crippen LogP contribution in [0.3, 0.4) is 0 Å². The zero-order valence-electron chi connectivity index (χ0n) is 18.1. The van der Waals surface area contributed by atoms with Gasteiger partial charge in [0.25, 0.3) is 0 Å². The molecule has 31 heavy (non-hydrogen) atoms. The first kappa shape index (κ1) is 19.7. The molecule has 1 aliphatic rings. The number of nitrogens with zero attached hydrogens (tertiary/aromatic N) is 5. The number of amides is 1. The van der Waals surface area contributed by atoms with E-state index in [9.17, 15) is 4.79 Å². The Morgan fingerprint density at radius 2 is 1.94 bits per heavy atom. The molecule has 3 aromatic heterocycles. The summed E-state index contributed by atoms with van der Waals surface area (Å²) in [5, 5.41) is 7.19. The normalized spacial score (nSPS) is 15.2. The number of hydrogen-bond donors (Lipinski definition) is 1. The number of rotatable bonds is 4. The van der Waals surface area contributed by atoms with Crippen LogP contribution < -0.4 is 5.43 Å². The topological polar surface area (TPSA) is 88.6 Å². The van der Waals surface area contributed by atoms with Crippen molar-refractivity contribution in [1.29, 1.82) is 0 Å². The second-order valence-corrected chi connectivity index (χ2v) is 9.11. The molecule has 0 atom stereocenters. The Morgan fingerprint density at radius 1 is 1.16 bits per heavy atom. The molecule has 0 bridgehead atoms. The number of benzene rings is 1. The van der Waals surface area contributed by atoms with Crippen molar-refractivity contribution in [3.05, 3.63) is 48.1 Å². The zero-order valence-corrected chi connectivity index (χ0v) is 18.1. The Labute approximate surface area is 180 Å². The van der Waals surface area contributed by atoms with E-state index in [1.165, 1.54) is 0 Å². The standard InChI is InChI=1S/C23H26N6O2/c1-23(2,3)22-25-21(27-31-22)20-18-12-15(13-19(30)26-28-10-6-7-11-28)16-8-4-5-9-17(16)29(18)14-24-20/h4-5,8-9,12,14H,6-7,10-11,13H2,1-3H3,(H,26,30). The Balaban J connectivity index is 1.57. The Bertz CT molecular complexity index is 1260. The molecule has 0 aliphatic carbocycles. The van der Waals surface area contributed by atoms with Gasteiger partial charge in [0, 0.05) is 23.9 Å². The van der Waals surface area contributed by atoms with Crippen molar-refractivity contribution in [1.82, 2.24) is 30.0 Å². The number of pyridine rings is 1. The van der Waals surface area contributed by atoms with E-state index in [4.69, 9.17) is 4.52 Å². The van der Waals surface area contributed by atoms with Gasteiger partial charge in [0.05, 0.1) is 17.5 Å². The predicted molar refractivity (Wildman–Crippen MR) is 117 cm³/mol. The third kappa shape index (κ3) is 3.67. The molecular formula is C23H26N6O2. The molecule has 0 radical (unpaired) electrons. The molecule has 1 N–H and O–H groups in total. The summed E-state index contributed by atoms with van der Waals surface area (Å²) in [6, 6.07) is 10.1.